The van der Waals surface area contributed by atoms with Gasteiger partial charge in [0.1, 0.15) is 5.75 Å². The van der Waals surface area contributed by atoms with Crippen LogP contribution in [0.5, 0.6) is 11.6 Å². The van der Waals surface area contributed by atoms with Gasteiger partial charge < -0.3 is 4.74 Å². The quantitative estimate of drug-likeness (QED) is 0.422. The first-order chi connectivity index (χ1) is 12.6. The summed E-state index contributed by atoms with van der Waals surface area (Å²) in [4.78, 5) is 22.8. The highest BCUT2D eigenvalue weighted by atomic mass is 35.5. The second kappa shape index (κ2) is 8.13. The first-order valence-electron chi connectivity index (χ1n) is 7.31. The van der Waals surface area contributed by atoms with Crippen LogP contribution in [0.1, 0.15) is 15.9 Å². The highest BCUT2D eigenvalue weighted by molar-refractivity contribution is 6.28. The molecule has 26 heavy (non-hydrogen) atoms. The first kappa shape index (κ1) is 17.4. The number of hydrogen-bond donors (Lipinski definition) is 1. The molecule has 0 saturated carbocycles. The van der Waals surface area contributed by atoms with E-state index in [2.05, 4.69) is 25.5 Å². The van der Waals surface area contributed by atoms with E-state index < -0.39 is 5.82 Å². The molecule has 7 nitrogen and oxygen atoms in total. The minimum absolute atomic E-state index is 0.116. The number of hydrogen-bond acceptors (Lipinski definition) is 6. The van der Waals surface area contributed by atoms with E-state index >= 15 is 0 Å². The van der Waals surface area contributed by atoms with Crippen LogP contribution in [-0.4, -0.2) is 27.1 Å². The van der Waals surface area contributed by atoms with Crippen molar-refractivity contribution in [2.75, 3.05) is 0 Å². The smallest absolute Gasteiger partial charge is 0.272 e. The average molecular weight is 372 g/mol. The maximum absolute atomic E-state index is 13.5. The van der Waals surface area contributed by atoms with Crippen LogP contribution in [0.2, 0.25) is 5.28 Å². The van der Waals surface area contributed by atoms with Gasteiger partial charge >= 0.3 is 0 Å². The fraction of sp³-hybridized carbons (Fsp3) is 0. The van der Waals surface area contributed by atoms with Crippen LogP contribution in [0.3, 0.4) is 0 Å². The number of nitrogens with zero attached hydrogens (tertiary/aromatic N) is 4. The van der Waals surface area contributed by atoms with E-state index in [4.69, 9.17) is 16.3 Å². The molecule has 3 aromatic rings. The molecule has 130 valence electrons. The predicted octanol–water partition coefficient (Wildman–Crippen LogP) is 3.22. The molecule has 0 unspecified atom stereocenters. The van der Waals surface area contributed by atoms with E-state index in [0.717, 1.165) is 6.20 Å². The van der Waals surface area contributed by atoms with Crippen molar-refractivity contribution in [3.63, 3.8) is 0 Å². The number of pyridine rings is 1. The Balaban J connectivity index is 1.61. The van der Waals surface area contributed by atoms with Crippen LogP contribution < -0.4 is 10.2 Å². The number of hydrazone groups is 1. The molecule has 3 rings (SSSR count). The summed E-state index contributed by atoms with van der Waals surface area (Å²) in [7, 11) is 0. The van der Waals surface area contributed by atoms with Crippen molar-refractivity contribution in [3.8, 4) is 11.6 Å². The van der Waals surface area contributed by atoms with Crippen LogP contribution >= 0.6 is 11.6 Å². The summed E-state index contributed by atoms with van der Waals surface area (Å²) in [6.45, 7) is 0. The predicted molar refractivity (Wildman–Crippen MR) is 92.8 cm³/mol. The molecule has 1 amide bonds. The van der Waals surface area contributed by atoms with Gasteiger partial charge in [-0.3, -0.25) is 9.78 Å². The summed E-state index contributed by atoms with van der Waals surface area (Å²) < 4.78 is 18.9. The van der Waals surface area contributed by atoms with Crippen LogP contribution in [0.25, 0.3) is 0 Å². The second-order valence-corrected chi connectivity index (χ2v) is 5.24. The summed E-state index contributed by atoms with van der Waals surface area (Å²) in [5, 5.41) is 3.75. The van der Waals surface area contributed by atoms with E-state index in [0.29, 0.717) is 16.9 Å². The molecule has 1 aromatic carbocycles. The van der Waals surface area contributed by atoms with Crippen molar-refractivity contribution in [2.45, 2.75) is 0 Å². The molecule has 0 saturated heterocycles. The lowest BCUT2D eigenvalue weighted by Gasteiger charge is -2.05. The number of aromatic nitrogens is 3. The van der Waals surface area contributed by atoms with Gasteiger partial charge in [-0.2, -0.15) is 14.5 Å². The maximum Gasteiger partial charge on any atom is 0.272 e. The molecular weight excluding hydrogens is 361 g/mol. The Kier molecular flexibility index (Phi) is 5.45. The van der Waals surface area contributed by atoms with E-state index in [1.165, 1.54) is 12.4 Å². The third-order valence-corrected chi connectivity index (χ3v) is 3.26. The van der Waals surface area contributed by atoms with Crippen molar-refractivity contribution < 1.29 is 13.9 Å². The van der Waals surface area contributed by atoms with Gasteiger partial charge in [0.05, 0.1) is 18.0 Å². The molecule has 0 radical (unpaired) electrons. The Labute approximate surface area is 152 Å². The molecule has 1 N–H and O–H groups in total. The van der Waals surface area contributed by atoms with Crippen LogP contribution in [-0.2, 0) is 0 Å². The molecule has 0 aliphatic heterocycles. The Hall–Kier alpha value is -3.39. The minimum atomic E-state index is -0.724. The summed E-state index contributed by atoms with van der Waals surface area (Å²) in [6.07, 6.45) is 5.40. The number of amides is 1. The van der Waals surface area contributed by atoms with Gasteiger partial charge in [0.2, 0.25) is 11.1 Å². The Morgan fingerprint density at radius 2 is 2.04 bits per heavy atom. The van der Waals surface area contributed by atoms with Gasteiger partial charge in [-0.15, -0.1) is 0 Å². The Bertz CT molecular complexity index is 936. The molecule has 0 atom stereocenters. The standard InChI is InChI=1S/C17H11ClFN5O2/c18-17-21-10-14(19)16(23-17)26-13-5-3-11(4-6-13)8-22-24-15(25)12-2-1-7-20-9-12/h1-10H,(H,24,25). The molecule has 0 spiro atoms. The highest BCUT2D eigenvalue weighted by Crippen LogP contribution is 2.22. The summed E-state index contributed by atoms with van der Waals surface area (Å²) in [5.41, 5.74) is 3.49. The molecule has 2 aromatic heterocycles. The number of ether oxygens (including phenoxy) is 1. The summed E-state index contributed by atoms with van der Waals surface area (Å²) >= 11 is 5.61. The van der Waals surface area contributed by atoms with Gasteiger partial charge in [-0.05, 0) is 53.6 Å². The lowest BCUT2D eigenvalue weighted by molar-refractivity contribution is 0.0955. The van der Waals surface area contributed by atoms with E-state index in [1.54, 1.807) is 42.6 Å². The molecule has 0 bridgehead atoms. The topological polar surface area (TPSA) is 89.4 Å². The monoisotopic (exact) mass is 371 g/mol. The zero-order chi connectivity index (χ0) is 18.4. The second-order valence-electron chi connectivity index (χ2n) is 4.90. The number of carbonyl (C=O) groups is 1. The summed E-state index contributed by atoms with van der Waals surface area (Å²) in [6, 6.07) is 9.83. The molecule has 0 fully saturated rings. The lowest BCUT2D eigenvalue weighted by atomic mass is 10.2. The van der Waals surface area contributed by atoms with E-state index in [-0.39, 0.29) is 17.1 Å². The van der Waals surface area contributed by atoms with Crippen molar-refractivity contribution >= 4 is 23.7 Å². The van der Waals surface area contributed by atoms with Crippen LogP contribution in [0.15, 0.2) is 60.1 Å². The Morgan fingerprint density at radius 3 is 2.77 bits per heavy atom. The van der Waals surface area contributed by atoms with E-state index in [1.807, 2.05) is 0 Å². The molecule has 0 aliphatic rings. The molecule has 0 aliphatic carbocycles. The van der Waals surface area contributed by atoms with Crippen molar-refractivity contribution in [2.24, 2.45) is 5.10 Å². The lowest BCUT2D eigenvalue weighted by Crippen LogP contribution is -2.17. The SMILES string of the molecule is O=C(NN=Cc1ccc(Oc2nc(Cl)ncc2F)cc1)c1cccnc1. The number of benzene rings is 1. The van der Waals surface area contributed by atoms with Crippen molar-refractivity contribution in [1.29, 1.82) is 0 Å². The number of nitrogens with one attached hydrogen (secondary N) is 1. The van der Waals surface area contributed by atoms with Gasteiger partial charge in [0.15, 0.2) is 0 Å². The molecular formula is C17H11ClFN5O2. The van der Waals surface area contributed by atoms with Crippen LogP contribution in [0.4, 0.5) is 4.39 Å². The van der Waals surface area contributed by atoms with E-state index in [9.17, 15) is 9.18 Å². The first-order valence-corrected chi connectivity index (χ1v) is 7.69. The largest absolute Gasteiger partial charge is 0.436 e. The fourth-order valence-corrected chi connectivity index (χ4v) is 1.99. The third-order valence-electron chi connectivity index (χ3n) is 3.08. The minimum Gasteiger partial charge on any atom is -0.436 e. The Morgan fingerprint density at radius 1 is 1.23 bits per heavy atom. The molecule has 9 heteroatoms. The van der Waals surface area contributed by atoms with Gasteiger partial charge in [0.25, 0.3) is 11.8 Å². The van der Waals surface area contributed by atoms with Gasteiger partial charge in [-0.25, -0.2) is 10.4 Å². The number of carbonyl (C=O) groups excluding carboxylic acids is 1. The molecule has 2 heterocycles. The highest BCUT2D eigenvalue weighted by Gasteiger charge is 2.08. The van der Waals surface area contributed by atoms with Crippen molar-refractivity contribution in [1.82, 2.24) is 20.4 Å². The summed E-state index contributed by atoms with van der Waals surface area (Å²) in [5.74, 6) is -1.01. The zero-order valence-corrected chi connectivity index (χ0v) is 13.9. The third kappa shape index (κ3) is 4.58. The maximum atomic E-state index is 13.5. The number of halogens is 2. The van der Waals surface area contributed by atoms with Crippen molar-refractivity contribution in [3.05, 3.63) is 77.2 Å². The zero-order valence-electron chi connectivity index (χ0n) is 13.1. The van der Waals surface area contributed by atoms with Gasteiger partial charge in [0, 0.05) is 12.4 Å². The number of rotatable bonds is 5. The normalized spacial score (nSPS) is 10.7. The van der Waals surface area contributed by atoms with Gasteiger partial charge in [-0.1, -0.05) is 0 Å². The average Bonchev–Trinajstić information content (AvgIpc) is 2.67. The fourth-order valence-electron chi connectivity index (χ4n) is 1.86. The van der Waals surface area contributed by atoms with Crippen LogP contribution in [0, 0.1) is 5.82 Å².